The molecule has 0 atom stereocenters. The Hall–Kier alpha value is -3.79. The number of fused-ring (bicyclic) bond motifs is 3. The summed E-state index contributed by atoms with van der Waals surface area (Å²) < 4.78 is 13.8. The first-order valence-corrected chi connectivity index (χ1v) is 9.92. The highest BCUT2D eigenvalue weighted by Crippen LogP contribution is 2.24. The maximum absolute atomic E-state index is 12.7. The molecule has 0 aliphatic heterocycles. The fourth-order valence-electron chi connectivity index (χ4n) is 3.10. The second-order valence-electron chi connectivity index (χ2n) is 6.66. The number of furan rings is 1. The summed E-state index contributed by atoms with van der Waals surface area (Å²) in [5.41, 5.74) is 2.27. The van der Waals surface area contributed by atoms with Crippen LogP contribution in [0, 0.1) is 0 Å². The van der Waals surface area contributed by atoms with E-state index in [1.807, 2.05) is 36.8 Å². The van der Waals surface area contributed by atoms with Crippen LogP contribution in [0.5, 0.6) is 0 Å². The molecule has 4 heterocycles. The number of esters is 1. The molecule has 0 unspecified atom stereocenters. The summed E-state index contributed by atoms with van der Waals surface area (Å²) in [7, 11) is 1.83. The zero-order chi connectivity index (χ0) is 20.7. The first-order valence-electron chi connectivity index (χ1n) is 9.04. The van der Waals surface area contributed by atoms with E-state index in [1.165, 1.54) is 22.2 Å². The van der Waals surface area contributed by atoms with E-state index in [0.29, 0.717) is 16.8 Å². The molecule has 4 aromatic heterocycles. The van der Waals surface area contributed by atoms with Crippen molar-refractivity contribution in [2.24, 2.45) is 7.05 Å². The molecule has 30 heavy (non-hydrogen) atoms. The molecule has 0 N–H and O–H groups in total. The van der Waals surface area contributed by atoms with Gasteiger partial charge in [0.2, 0.25) is 5.58 Å². The average molecular weight is 421 g/mol. The highest BCUT2D eigenvalue weighted by molar-refractivity contribution is 7.13. The largest absolute Gasteiger partial charge is 0.458 e. The number of benzene rings is 1. The first-order chi connectivity index (χ1) is 14.6. The van der Waals surface area contributed by atoms with Gasteiger partial charge in [0.15, 0.2) is 0 Å². The van der Waals surface area contributed by atoms with Crippen LogP contribution in [0.4, 0.5) is 0 Å². The number of hydrogen-bond donors (Lipinski definition) is 0. The minimum absolute atomic E-state index is 0.0185. The van der Waals surface area contributed by atoms with Gasteiger partial charge >= 0.3 is 5.97 Å². The number of rotatable bonds is 5. The standard InChI is InChI=1S/C20H15N5O4S/c1-24-7-12(6-22-24)19-23-13(10-30-19)9-28-16(26)8-25-11-21-17-14-4-2-3-5-15(14)29-18(17)20(25)27/h2-7,10-11H,8-9H2,1H3. The Labute approximate surface area is 173 Å². The van der Waals surface area contributed by atoms with Crippen LogP contribution in [0.3, 0.4) is 0 Å². The van der Waals surface area contributed by atoms with E-state index in [4.69, 9.17) is 9.15 Å². The quantitative estimate of drug-likeness (QED) is 0.402. The second kappa shape index (κ2) is 7.23. The molecule has 0 aliphatic rings. The lowest BCUT2D eigenvalue weighted by Crippen LogP contribution is -2.25. The molecule has 0 spiro atoms. The zero-order valence-corrected chi connectivity index (χ0v) is 16.6. The van der Waals surface area contributed by atoms with E-state index < -0.39 is 11.5 Å². The fraction of sp³-hybridized carbons (Fsp3) is 0.150. The van der Waals surface area contributed by atoms with Gasteiger partial charge in [-0.2, -0.15) is 5.10 Å². The molecule has 0 radical (unpaired) electrons. The van der Waals surface area contributed by atoms with Gasteiger partial charge in [0.1, 0.15) is 29.3 Å². The van der Waals surface area contributed by atoms with Gasteiger partial charge in [-0.05, 0) is 12.1 Å². The number of nitrogens with zero attached hydrogens (tertiary/aromatic N) is 5. The lowest BCUT2D eigenvalue weighted by molar-refractivity contribution is -0.145. The van der Waals surface area contributed by atoms with Crippen molar-refractivity contribution in [1.29, 1.82) is 0 Å². The Morgan fingerprint density at radius 1 is 1.30 bits per heavy atom. The number of aromatic nitrogens is 5. The predicted molar refractivity (Wildman–Crippen MR) is 110 cm³/mol. The number of carbonyl (C=O) groups is 1. The summed E-state index contributed by atoms with van der Waals surface area (Å²) >= 11 is 1.44. The van der Waals surface area contributed by atoms with Gasteiger partial charge < -0.3 is 9.15 Å². The molecule has 0 saturated heterocycles. The summed E-state index contributed by atoms with van der Waals surface area (Å²) in [5.74, 6) is -0.565. The highest BCUT2D eigenvalue weighted by atomic mass is 32.1. The summed E-state index contributed by atoms with van der Waals surface area (Å²) in [6.45, 7) is -0.247. The van der Waals surface area contributed by atoms with Crippen LogP contribution in [0.1, 0.15) is 5.69 Å². The van der Waals surface area contributed by atoms with Crippen LogP contribution >= 0.6 is 11.3 Å². The number of hydrogen-bond acceptors (Lipinski definition) is 8. The Kier molecular flexibility index (Phi) is 4.40. The van der Waals surface area contributed by atoms with E-state index in [-0.39, 0.29) is 18.7 Å². The number of para-hydroxylation sites is 1. The number of carbonyl (C=O) groups excluding carboxylic acids is 1. The van der Waals surface area contributed by atoms with E-state index in [1.54, 1.807) is 16.9 Å². The second-order valence-corrected chi connectivity index (χ2v) is 7.52. The molecule has 5 rings (SSSR count). The lowest BCUT2D eigenvalue weighted by atomic mass is 10.2. The minimum Gasteiger partial charge on any atom is -0.458 e. The molecule has 0 fully saturated rings. The summed E-state index contributed by atoms with van der Waals surface area (Å²) in [5, 5.41) is 7.50. The van der Waals surface area contributed by atoms with Crippen LogP contribution in [0.25, 0.3) is 32.6 Å². The maximum atomic E-state index is 12.7. The van der Waals surface area contributed by atoms with E-state index >= 15 is 0 Å². The van der Waals surface area contributed by atoms with Crippen molar-refractivity contribution >= 4 is 39.4 Å². The fourth-order valence-corrected chi connectivity index (χ4v) is 3.88. The topological polar surface area (TPSA) is 105 Å². The lowest BCUT2D eigenvalue weighted by Gasteiger charge is -2.05. The van der Waals surface area contributed by atoms with Gasteiger partial charge in [-0.3, -0.25) is 18.8 Å². The smallest absolute Gasteiger partial charge is 0.326 e. The molecule has 10 heteroatoms. The molecule has 9 nitrogen and oxygen atoms in total. The molecular formula is C20H15N5O4S. The molecule has 0 bridgehead atoms. The van der Waals surface area contributed by atoms with Crippen molar-refractivity contribution in [3.63, 3.8) is 0 Å². The van der Waals surface area contributed by atoms with Crippen LogP contribution in [0.2, 0.25) is 0 Å². The van der Waals surface area contributed by atoms with Crippen molar-refractivity contribution in [1.82, 2.24) is 24.3 Å². The molecule has 0 saturated carbocycles. The van der Waals surface area contributed by atoms with Gasteiger partial charge in [-0.15, -0.1) is 11.3 Å². The van der Waals surface area contributed by atoms with Crippen LogP contribution < -0.4 is 5.56 Å². The van der Waals surface area contributed by atoms with Crippen molar-refractivity contribution in [2.45, 2.75) is 13.2 Å². The third-order valence-electron chi connectivity index (χ3n) is 4.53. The molecule has 5 aromatic rings. The summed E-state index contributed by atoms with van der Waals surface area (Å²) in [6, 6.07) is 7.27. The molecule has 150 valence electrons. The van der Waals surface area contributed by atoms with Crippen molar-refractivity contribution in [2.75, 3.05) is 0 Å². The Bertz CT molecular complexity index is 1440. The van der Waals surface area contributed by atoms with Gasteiger partial charge in [0.05, 0.1) is 18.2 Å². The van der Waals surface area contributed by atoms with Gasteiger partial charge in [-0.1, -0.05) is 12.1 Å². The maximum Gasteiger partial charge on any atom is 0.326 e. The van der Waals surface area contributed by atoms with Gasteiger partial charge in [-0.25, -0.2) is 9.97 Å². The molecular weight excluding hydrogens is 406 g/mol. The third kappa shape index (κ3) is 3.26. The first kappa shape index (κ1) is 18.3. The van der Waals surface area contributed by atoms with Crippen molar-refractivity contribution in [3.8, 4) is 10.6 Å². The van der Waals surface area contributed by atoms with Crippen LogP contribution in [-0.4, -0.2) is 30.3 Å². The van der Waals surface area contributed by atoms with Crippen molar-refractivity contribution < 1.29 is 13.9 Å². The Morgan fingerprint density at radius 3 is 3.00 bits per heavy atom. The minimum atomic E-state index is -0.565. The van der Waals surface area contributed by atoms with E-state index in [2.05, 4.69) is 15.1 Å². The third-order valence-corrected chi connectivity index (χ3v) is 5.47. The zero-order valence-electron chi connectivity index (χ0n) is 15.8. The predicted octanol–water partition coefficient (Wildman–Crippen LogP) is 2.74. The summed E-state index contributed by atoms with van der Waals surface area (Å²) in [4.78, 5) is 33.7. The highest BCUT2D eigenvalue weighted by Gasteiger charge is 2.15. The normalized spacial score (nSPS) is 11.4. The molecule has 0 amide bonds. The van der Waals surface area contributed by atoms with E-state index in [0.717, 1.165) is 16.0 Å². The van der Waals surface area contributed by atoms with Gasteiger partial charge in [0, 0.05) is 29.6 Å². The number of thiazole rings is 1. The van der Waals surface area contributed by atoms with Crippen LogP contribution in [0.15, 0.2) is 57.6 Å². The SMILES string of the molecule is Cn1cc(-c2nc(COC(=O)Cn3cnc4c(oc5ccccc54)c3=O)cs2)cn1. The summed E-state index contributed by atoms with van der Waals surface area (Å²) in [6.07, 6.45) is 4.92. The Balaban J connectivity index is 1.29. The van der Waals surface area contributed by atoms with Crippen molar-refractivity contribution in [3.05, 3.63) is 64.4 Å². The van der Waals surface area contributed by atoms with Crippen LogP contribution in [-0.2, 0) is 29.7 Å². The monoisotopic (exact) mass is 421 g/mol. The molecule has 0 aliphatic carbocycles. The van der Waals surface area contributed by atoms with E-state index in [9.17, 15) is 9.59 Å². The average Bonchev–Trinajstić information content (AvgIpc) is 3.47. The number of ether oxygens (including phenoxy) is 1. The van der Waals surface area contributed by atoms with Gasteiger partial charge in [0.25, 0.3) is 5.56 Å². The Morgan fingerprint density at radius 2 is 2.17 bits per heavy atom. The molecule has 1 aromatic carbocycles. The number of aryl methyl sites for hydroxylation is 1.